The number of hydrogen-bond donors (Lipinski definition) is 1. The summed E-state index contributed by atoms with van der Waals surface area (Å²) in [4.78, 5) is 14.6. The summed E-state index contributed by atoms with van der Waals surface area (Å²) in [6.45, 7) is 1.57. The molecule has 1 aromatic carbocycles. The number of carbonyl (C=O) groups is 1. The van der Waals surface area contributed by atoms with Gasteiger partial charge in [0.1, 0.15) is 5.75 Å². The number of likely N-dealkylation sites (tertiary alicyclic amines) is 1. The molecule has 0 aromatic heterocycles. The van der Waals surface area contributed by atoms with Crippen LogP contribution in [0.5, 0.6) is 5.75 Å². The summed E-state index contributed by atoms with van der Waals surface area (Å²) in [7, 11) is 1.70. The van der Waals surface area contributed by atoms with Gasteiger partial charge in [0.05, 0.1) is 12.6 Å². The minimum Gasteiger partial charge on any atom is -0.496 e. The van der Waals surface area contributed by atoms with Gasteiger partial charge in [-0.05, 0) is 30.9 Å². The van der Waals surface area contributed by atoms with Gasteiger partial charge in [0, 0.05) is 19.0 Å². The van der Waals surface area contributed by atoms with Crippen molar-refractivity contribution in [2.75, 3.05) is 20.2 Å². The molecule has 0 bridgehead atoms. The summed E-state index contributed by atoms with van der Waals surface area (Å²) >= 11 is 0. The third-order valence-corrected chi connectivity index (χ3v) is 4.98. The number of nitrogens with two attached hydrogens (primary N) is 1. The smallest absolute Gasteiger partial charge is 0.242 e. The third kappa shape index (κ3) is 2.64. The van der Waals surface area contributed by atoms with Crippen molar-refractivity contribution in [1.29, 1.82) is 0 Å². The second kappa shape index (κ2) is 5.68. The van der Waals surface area contributed by atoms with Crippen molar-refractivity contribution in [2.24, 2.45) is 5.73 Å². The Morgan fingerprint density at radius 3 is 2.76 bits per heavy atom. The minimum atomic E-state index is -0.602. The maximum atomic E-state index is 12.7. The Morgan fingerprint density at radius 1 is 1.33 bits per heavy atom. The van der Waals surface area contributed by atoms with Crippen LogP contribution in [-0.4, -0.2) is 36.5 Å². The first-order valence-electron chi connectivity index (χ1n) is 7.85. The zero-order valence-corrected chi connectivity index (χ0v) is 12.7. The van der Waals surface area contributed by atoms with E-state index in [1.165, 1.54) is 5.56 Å². The highest BCUT2D eigenvalue weighted by molar-refractivity contribution is 5.86. The molecular formula is C17H24N2O2. The van der Waals surface area contributed by atoms with Gasteiger partial charge in [0.25, 0.3) is 0 Å². The SMILES string of the molecule is COc1ccccc1C1CCN(C(=O)C2(N)CCCC2)C1. The summed E-state index contributed by atoms with van der Waals surface area (Å²) in [6, 6.07) is 8.10. The number of nitrogens with zero attached hydrogens (tertiary/aromatic N) is 1. The van der Waals surface area contributed by atoms with E-state index in [0.717, 1.165) is 50.9 Å². The first-order valence-corrected chi connectivity index (χ1v) is 7.85. The summed E-state index contributed by atoms with van der Waals surface area (Å²) < 4.78 is 5.44. The third-order valence-electron chi connectivity index (χ3n) is 4.98. The molecule has 21 heavy (non-hydrogen) atoms. The summed E-state index contributed by atoms with van der Waals surface area (Å²) in [5, 5.41) is 0. The summed E-state index contributed by atoms with van der Waals surface area (Å²) in [5.74, 6) is 1.42. The number of hydrogen-bond acceptors (Lipinski definition) is 3. The number of ether oxygens (including phenoxy) is 1. The summed E-state index contributed by atoms with van der Waals surface area (Å²) in [6.07, 6.45) is 4.81. The van der Waals surface area contributed by atoms with Gasteiger partial charge < -0.3 is 15.4 Å². The average Bonchev–Trinajstić information content (AvgIpc) is 3.16. The van der Waals surface area contributed by atoms with Gasteiger partial charge in [0.2, 0.25) is 5.91 Å². The molecule has 1 aliphatic carbocycles. The Balaban J connectivity index is 1.72. The molecule has 0 spiro atoms. The highest BCUT2D eigenvalue weighted by Gasteiger charge is 2.42. The van der Waals surface area contributed by atoms with Crippen molar-refractivity contribution in [2.45, 2.75) is 43.6 Å². The molecule has 2 N–H and O–H groups in total. The van der Waals surface area contributed by atoms with E-state index < -0.39 is 5.54 Å². The van der Waals surface area contributed by atoms with Gasteiger partial charge in [-0.2, -0.15) is 0 Å². The second-order valence-electron chi connectivity index (χ2n) is 6.34. The van der Waals surface area contributed by atoms with Gasteiger partial charge in [-0.15, -0.1) is 0 Å². The fourth-order valence-electron chi connectivity index (χ4n) is 3.74. The fourth-order valence-corrected chi connectivity index (χ4v) is 3.74. The standard InChI is InChI=1S/C17H24N2O2/c1-21-15-7-3-2-6-14(15)13-8-11-19(12-13)16(20)17(18)9-4-5-10-17/h2-3,6-7,13H,4-5,8-12,18H2,1H3. The van der Waals surface area contributed by atoms with Crippen molar-refractivity contribution in [3.63, 3.8) is 0 Å². The topological polar surface area (TPSA) is 55.6 Å². The largest absolute Gasteiger partial charge is 0.496 e. The zero-order chi connectivity index (χ0) is 14.9. The Hall–Kier alpha value is -1.55. The highest BCUT2D eigenvalue weighted by atomic mass is 16.5. The predicted octanol–water partition coefficient (Wildman–Crippen LogP) is 2.28. The Morgan fingerprint density at radius 2 is 2.05 bits per heavy atom. The lowest BCUT2D eigenvalue weighted by Gasteiger charge is -2.28. The second-order valence-corrected chi connectivity index (χ2v) is 6.34. The van der Waals surface area contributed by atoms with E-state index in [-0.39, 0.29) is 5.91 Å². The molecule has 1 aliphatic heterocycles. The fraction of sp³-hybridized carbons (Fsp3) is 0.588. The quantitative estimate of drug-likeness (QED) is 0.928. The molecule has 114 valence electrons. The van der Waals surface area contributed by atoms with Crippen molar-refractivity contribution in [1.82, 2.24) is 4.90 Å². The monoisotopic (exact) mass is 288 g/mol. The van der Waals surface area contributed by atoms with Crippen molar-refractivity contribution in [3.8, 4) is 5.75 Å². The van der Waals surface area contributed by atoms with Gasteiger partial charge in [-0.3, -0.25) is 4.79 Å². The van der Waals surface area contributed by atoms with Crippen LogP contribution in [0.1, 0.15) is 43.6 Å². The Bertz CT molecular complexity index is 523. The number of rotatable bonds is 3. The van der Waals surface area contributed by atoms with Crippen molar-refractivity contribution >= 4 is 5.91 Å². The summed E-state index contributed by atoms with van der Waals surface area (Å²) in [5.41, 5.74) is 6.91. The van der Waals surface area contributed by atoms with Crippen LogP contribution in [0.15, 0.2) is 24.3 Å². The van der Waals surface area contributed by atoms with E-state index in [0.29, 0.717) is 5.92 Å². The number of amides is 1. The van der Waals surface area contributed by atoms with Crippen LogP contribution < -0.4 is 10.5 Å². The molecule has 1 unspecified atom stereocenters. The normalized spacial score (nSPS) is 24.3. The minimum absolute atomic E-state index is 0.150. The zero-order valence-electron chi connectivity index (χ0n) is 12.7. The Labute approximate surface area is 126 Å². The lowest BCUT2D eigenvalue weighted by Crippen LogP contribution is -2.52. The van der Waals surface area contributed by atoms with Gasteiger partial charge in [0.15, 0.2) is 0 Å². The van der Waals surface area contributed by atoms with Gasteiger partial charge in [-0.1, -0.05) is 31.0 Å². The van der Waals surface area contributed by atoms with Crippen LogP contribution in [-0.2, 0) is 4.79 Å². The highest BCUT2D eigenvalue weighted by Crippen LogP contribution is 2.36. The molecule has 1 saturated carbocycles. The molecule has 4 heteroatoms. The number of carbonyl (C=O) groups excluding carboxylic acids is 1. The van der Waals surface area contributed by atoms with Gasteiger partial charge >= 0.3 is 0 Å². The number of benzene rings is 1. The number of methoxy groups -OCH3 is 1. The van der Waals surface area contributed by atoms with Crippen LogP contribution in [0.4, 0.5) is 0 Å². The first kappa shape index (κ1) is 14.4. The molecule has 1 atom stereocenters. The van der Waals surface area contributed by atoms with Crippen LogP contribution in [0.25, 0.3) is 0 Å². The molecule has 4 nitrogen and oxygen atoms in total. The predicted molar refractivity (Wildman–Crippen MR) is 82.3 cm³/mol. The van der Waals surface area contributed by atoms with E-state index >= 15 is 0 Å². The van der Waals surface area contributed by atoms with Crippen LogP contribution in [0.3, 0.4) is 0 Å². The lowest BCUT2D eigenvalue weighted by atomic mass is 9.96. The molecule has 1 amide bonds. The molecule has 2 aliphatic rings. The lowest BCUT2D eigenvalue weighted by molar-refractivity contribution is -0.135. The van der Waals surface area contributed by atoms with Crippen molar-refractivity contribution < 1.29 is 9.53 Å². The molecule has 1 heterocycles. The molecule has 1 aromatic rings. The number of para-hydroxylation sites is 1. The van der Waals surface area contributed by atoms with E-state index in [9.17, 15) is 4.79 Å². The molecule has 0 radical (unpaired) electrons. The van der Waals surface area contributed by atoms with E-state index in [1.54, 1.807) is 7.11 Å². The average molecular weight is 288 g/mol. The van der Waals surface area contributed by atoms with E-state index in [1.807, 2.05) is 23.1 Å². The molecule has 2 fully saturated rings. The maximum Gasteiger partial charge on any atom is 0.242 e. The molecular weight excluding hydrogens is 264 g/mol. The maximum absolute atomic E-state index is 12.7. The molecule has 1 saturated heterocycles. The van der Waals surface area contributed by atoms with E-state index in [2.05, 4.69) is 6.07 Å². The van der Waals surface area contributed by atoms with E-state index in [4.69, 9.17) is 10.5 Å². The molecule has 3 rings (SSSR count). The van der Waals surface area contributed by atoms with Crippen LogP contribution in [0.2, 0.25) is 0 Å². The van der Waals surface area contributed by atoms with Crippen LogP contribution >= 0.6 is 0 Å². The van der Waals surface area contributed by atoms with Crippen LogP contribution in [0, 0.1) is 0 Å². The first-order chi connectivity index (χ1) is 10.1. The van der Waals surface area contributed by atoms with Crippen molar-refractivity contribution in [3.05, 3.63) is 29.8 Å². The van der Waals surface area contributed by atoms with Gasteiger partial charge in [-0.25, -0.2) is 0 Å². The Kier molecular flexibility index (Phi) is 3.89.